The number of hydrogen-bond acceptors (Lipinski definition) is 5. The van der Waals surface area contributed by atoms with Gasteiger partial charge in [-0.1, -0.05) is 50.7 Å². The zero-order valence-electron chi connectivity index (χ0n) is 18.3. The lowest BCUT2D eigenvalue weighted by atomic mass is 10.1. The summed E-state index contributed by atoms with van der Waals surface area (Å²) in [7, 11) is 1.66. The number of hydrogen-bond donors (Lipinski definition) is 2. The lowest BCUT2D eigenvalue weighted by molar-refractivity contribution is 0.284. The fourth-order valence-electron chi connectivity index (χ4n) is 3.12. The van der Waals surface area contributed by atoms with Crippen LogP contribution in [0.2, 0.25) is 0 Å². The molecule has 7 heteroatoms. The van der Waals surface area contributed by atoms with Gasteiger partial charge in [-0.05, 0) is 37.1 Å². The summed E-state index contributed by atoms with van der Waals surface area (Å²) in [5, 5.41) is 14.5. The van der Waals surface area contributed by atoms with E-state index in [1.807, 2.05) is 42.6 Å². The van der Waals surface area contributed by atoms with Gasteiger partial charge in [0.05, 0.1) is 25.6 Å². The molecule has 1 aromatic carbocycles. The third-order valence-corrected chi connectivity index (χ3v) is 4.75. The third-order valence-electron chi connectivity index (χ3n) is 4.75. The largest absolute Gasteiger partial charge is 0.493 e. The molecule has 31 heavy (non-hydrogen) atoms. The Balaban J connectivity index is 1.46. The molecular formula is C24H33N5O2. The summed E-state index contributed by atoms with van der Waals surface area (Å²) in [5.41, 5.74) is 0.803. The summed E-state index contributed by atoms with van der Waals surface area (Å²) in [6.45, 7) is 1.42. The molecule has 2 aromatic rings. The molecule has 1 aromatic heterocycles. The van der Waals surface area contributed by atoms with Crippen LogP contribution in [0.5, 0.6) is 11.5 Å². The Morgan fingerprint density at radius 1 is 0.968 bits per heavy atom. The number of benzene rings is 1. The molecular weight excluding hydrogens is 390 g/mol. The number of methoxy groups -OCH3 is 1. The minimum absolute atomic E-state index is 0.464. The highest BCUT2D eigenvalue weighted by atomic mass is 16.5. The van der Waals surface area contributed by atoms with Crippen LogP contribution >= 0.6 is 0 Å². The van der Waals surface area contributed by atoms with Crippen LogP contribution in [0.4, 0.5) is 5.69 Å². The Bertz CT molecular complexity index is 805. The van der Waals surface area contributed by atoms with E-state index in [1.165, 1.54) is 32.1 Å². The minimum Gasteiger partial charge on any atom is -0.493 e. The maximum Gasteiger partial charge on any atom is 0.209 e. The van der Waals surface area contributed by atoms with Crippen LogP contribution in [-0.2, 0) is 0 Å². The van der Waals surface area contributed by atoms with Gasteiger partial charge in [-0.3, -0.25) is 15.3 Å². The fourth-order valence-corrected chi connectivity index (χ4v) is 3.12. The molecule has 0 bridgehead atoms. The molecule has 0 aliphatic rings. The minimum atomic E-state index is 0.464. The number of aliphatic imine (C=N–C) groups is 1. The Kier molecular flexibility index (Phi) is 12.0. The number of unbranched alkanes of at least 4 members (excludes halogenated alkanes) is 7. The number of rotatable bonds is 14. The number of nitrogens with zero attached hydrogens (tertiary/aromatic N) is 3. The molecule has 0 fully saturated rings. The van der Waals surface area contributed by atoms with Gasteiger partial charge in [-0.15, -0.1) is 0 Å². The van der Waals surface area contributed by atoms with E-state index in [1.54, 1.807) is 19.5 Å². The van der Waals surface area contributed by atoms with Gasteiger partial charge in [0.1, 0.15) is 0 Å². The number of ether oxygens (including phenoxy) is 2. The second-order valence-electron chi connectivity index (χ2n) is 7.16. The van der Waals surface area contributed by atoms with E-state index in [4.69, 9.17) is 14.7 Å². The number of nitriles is 1. The fraction of sp³-hybridized carbons (Fsp3) is 0.458. The molecule has 2 N–H and O–H groups in total. The summed E-state index contributed by atoms with van der Waals surface area (Å²) in [6, 6.07) is 11.5. The molecule has 0 saturated heterocycles. The smallest absolute Gasteiger partial charge is 0.209 e. The van der Waals surface area contributed by atoms with E-state index in [0.29, 0.717) is 12.5 Å². The van der Waals surface area contributed by atoms with Gasteiger partial charge >= 0.3 is 0 Å². The first-order chi connectivity index (χ1) is 15.3. The van der Waals surface area contributed by atoms with Crippen molar-refractivity contribution in [2.75, 3.05) is 25.6 Å². The highest BCUT2D eigenvalue weighted by Gasteiger charge is 2.02. The third kappa shape index (κ3) is 10.4. The van der Waals surface area contributed by atoms with Crippen LogP contribution in [-0.4, -0.2) is 31.2 Å². The topological polar surface area (TPSA) is 91.6 Å². The highest BCUT2D eigenvalue weighted by molar-refractivity contribution is 5.94. The molecule has 0 atom stereocenters. The van der Waals surface area contributed by atoms with Crippen molar-refractivity contribution in [2.24, 2.45) is 4.99 Å². The van der Waals surface area contributed by atoms with Gasteiger partial charge in [0, 0.05) is 12.7 Å². The van der Waals surface area contributed by atoms with Gasteiger partial charge in [0.15, 0.2) is 17.7 Å². The Labute approximate surface area is 185 Å². The predicted molar refractivity (Wildman–Crippen MR) is 124 cm³/mol. The van der Waals surface area contributed by atoms with Crippen LogP contribution in [0.15, 0.2) is 53.8 Å². The zero-order chi connectivity index (χ0) is 22.0. The maximum atomic E-state index is 8.86. The van der Waals surface area contributed by atoms with Crippen molar-refractivity contribution >= 4 is 11.6 Å². The highest BCUT2D eigenvalue weighted by Crippen LogP contribution is 2.25. The van der Waals surface area contributed by atoms with E-state index in [-0.39, 0.29) is 0 Å². The van der Waals surface area contributed by atoms with Crippen molar-refractivity contribution in [3.63, 3.8) is 0 Å². The van der Waals surface area contributed by atoms with Crippen molar-refractivity contribution in [3.05, 3.63) is 48.8 Å². The van der Waals surface area contributed by atoms with Crippen molar-refractivity contribution < 1.29 is 9.47 Å². The van der Waals surface area contributed by atoms with Gasteiger partial charge in [0.2, 0.25) is 5.96 Å². The van der Waals surface area contributed by atoms with Crippen molar-refractivity contribution in [1.82, 2.24) is 10.3 Å². The molecule has 0 amide bonds. The Morgan fingerprint density at radius 2 is 1.68 bits per heavy atom. The second-order valence-corrected chi connectivity index (χ2v) is 7.16. The van der Waals surface area contributed by atoms with E-state index in [2.05, 4.69) is 20.6 Å². The molecule has 0 aliphatic carbocycles. The molecule has 0 saturated carbocycles. The Morgan fingerprint density at radius 3 is 2.35 bits per heavy atom. The van der Waals surface area contributed by atoms with Crippen molar-refractivity contribution in [3.8, 4) is 17.7 Å². The monoisotopic (exact) mass is 423 g/mol. The lowest BCUT2D eigenvalue weighted by Crippen LogP contribution is -2.27. The number of nitrogens with one attached hydrogen (secondary N) is 2. The molecule has 0 spiro atoms. The van der Waals surface area contributed by atoms with Crippen LogP contribution in [0.1, 0.15) is 51.4 Å². The van der Waals surface area contributed by atoms with Crippen molar-refractivity contribution in [1.29, 1.82) is 5.26 Å². The van der Waals surface area contributed by atoms with E-state index in [9.17, 15) is 0 Å². The van der Waals surface area contributed by atoms with Gasteiger partial charge in [-0.2, -0.15) is 5.26 Å². The summed E-state index contributed by atoms with van der Waals surface area (Å²) in [5.74, 6) is 2.07. The summed E-state index contributed by atoms with van der Waals surface area (Å²) in [4.78, 5) is 8.48. The van der Waals surface area contributed by atoms with E-state index in [0.717, 1.165) is 43.1 Å². The summed E-state index contributed by atoms with van der Waals surface area (Å²) < 4.78 is 11.1. The molecule has 0 unspecified atom stereocenters. The van der Waals surface area contributed by atoms with E-state index < -0.39 is 0 Å². The molecule has 1 heterocycles. The average molecular weight is 424 g/mol. The standard InChI is InChI=1S/C24H33N5O2/c1-30-22-14-8-9-15-23(22)31-18-11-7-5-3-2-4-6-10-17-27-24(28-20-25)29-21-13-12-16-26-19-21/h8-9,12-16,19H,2-7,10-11,17-18H2,1H3,(H2,27,28,29). The normalized spacial score (nSPS) is 10.9. The average Bonchev–Trinajstić information content (AvgIpc) is 2.80. The summed E-state index contributed by atoms with van der Waals surface area (Å²) >= 11 is 0. The van der Waals surface area contributed by atoms with Crippen LogP contribution in [0.3, 0.4) is 0 Å². The SMILES string of the molecule is COc1ccccc1OCCCCCCCCCCN=C(NC#N)Nc1cccnc1. The number of aromatic nitrogens is 1. The summed E-state index contributed by atoms with van der Waals surface area (Å²) in [6.07, 6.45) is 14.7. The maximum absolute atomic E-state index is 8.86. The van der Waals surface area contributed by atoms with Gasteiger partial charge in [0.25, 0.3) is 0 Å². The number of anilines is 1. The van der Waals surface area contributed by atoms with Crippen molar-refractivity contribution in [2.45, 2.75) is 51.4 Å². The van der Waals surface area contributed by atoms with E-state index >= 15 is 0 Å². The molecule has 0 aliphatic heterocycles. The van der Waals surface area contributed by atoms with Crippen LogP contribution in [0.25, 0.3) is 0 Å². The lowest BCUT2D eigenvalue weighted by Gasteiger charge is -2.10. The number of para-hydroxylation sites is 2. The first-order valence-corrected chi connectivity index (χ1v) is 11.0. The van der Waals surface area contributed by atoms with Crippen LogP contribution < -0.4 is 20.1 Å². The zero-order valence-corrected chi connectivity index (χ0v) is 18.3. The molecule has 166 valence electrons. The second kappa shape index (κ2) is 15.6. The number of guanidine groups is 1. The molecule has 2 rings (SSSR count). The molecule has 0 radical (unpaired) electrons. The number of pyridine rings is 1. The first-order valence-electron chi connectivity index (χ1n) is 11.0. The first kappa shape index (κ1) is 24.0. The van der Waals surface area contributed by atoms with Gasteiger partial charge < -0.3 is 14.8 Å². The van der Waals surface area contributed by atoms with Gasteiger partial charge in [-0.25, -0.2) is 0 Å². The van der Waals surface area contributed by atoms with Crippen LogP contribution in [0, 0.1) is 11.5 Å². The molecule has 7 nitrogen and oxygen atoms in total. The Hall–Kier alpha value is -3.27. The predicted octanol–water partition coefficient (Wildman–Crippen LogP) is 5.13. The quantitative estimate of drug-likeness (QED) is 0.144.